The van der Waals surface area contributed by atoms with Gasteiger partial charge in [0, 0.05) is 0 Å². The predicted molar refractivity (Wildman–Crippen MR) is 82.6 cm³/mol. The van der Waals surface area contributed by atoms with E-state index in [9.17, 15) is 9.59 Å². The van der Waals surface area contributed by atoms with Crippen LogP contribution < -0.4 is 11.2 Å². The molecule has 9 heteroatoms. The van der Waals surface area contributed by atoms with Crippen molar-refractivity contribution in [2.75, 3.05) is 0 Å². The van der Waals surface area contributed by atoms with E-state index in [2.05, 4.69) is 26.7 Å². The lowest BCUT2D eigenvalue weighted by atomic mass is 10.2. The fourth-order valence-electron chi connectivity index (χ4n) is 1.99. The van der Waals surface area contributed by atoms with Gasteiger partial charge < -0.3 is 0 Å². The second-order valence-corrected chi connectivity index (χ2v) is 4.73. The van der Waals surface area contributed by atoms with Crippen LogP contribution in [0.5, 0.6) is 0 Å². The smallest absolute Gasteiger partial charge is 0.269 e. The molecule has 0 aliphatic carbocycles. The first kappa shape index (κ1) is 15.4. The van der Waals surface area contributed by atoms with Crippen LogP contribution in [0.4, 0.5) is 0 Å². The number of amides is 1. The molecule has 2 heterocycles. The van der Waals surface area contributed by atoms with Crippen molar-refractivity contribution in [3.05, 3.63) is 58.4 Å². The molecule has 0 atom stereocenters. The highest BCUT2D eigenvalue weighted by atomic mass is 16.6. The molecule has 3 aromatic rings. The van der Waals surface area contributed by atoms with E-state index in [1.54, 1.807) is 0 Å². The molecule has 0 fully saturated rings. The number of rotatable bonds is 5. The van der Waals surface area contributed by atoms with Gasteiger partial charge in [0.2, 0.25) is 0 Å². The van der Waals surface area contributed by atoms with E-state index in [1.807, 2.05) is 30.3 Å². The third kappa shape index (κ3) is 2.99. The maximum Gasteiger partial charge on any atom is 0.353 e. The average molecular weight is 324 g/mol. The molecular formula is C15H12N6O3. The number of hydrogen-bond donors (Lipinski definition) is 1. The molecular weight excluding hydrogens is 312 g/mol. The second-order valence-electron chi connectivity index (χ2n) is 4.73. The summed E-state index contributed by atoms with van der Waals surface area (Å²) in [6.45, 7) is 0.167. The summed E-state index contributed by atoms with van der Waals surface area (Å²) in [5.74, 6) is 1.66. The van der Waals surface area contributed by atoms with Crippen molar-refractivity contribution >= 4 is 11.6 Å². The van der Waals surface area contributed by atoms with Crippen LogP contribution in [-0.2, 0) is 18.0 Å². The van der Waals surface area contributed by atoms with Crippen molar-refractivity contribution in [1.29, 1.82) is 0 Å². The summed E-state index contributed by atoms with van der Waals surface area (Å²) in [5.41, 5.74) is 2.57. The number of hydrogen-bond acceptors (Lipinski definition) is 6. The Kier molecular flexibility index (Phi) is 4.31. The normalized spacial score (nSPS) is 10.5. The van der Waals surface area contributed by atoms with Gasteiger partial charge in [-0.2, -0.15) is 4.68 Å². The summed E-state index contributed by atoms with van der Waals surface area (Å²) >= 11 is 0. The Morgan fingerprint density at radius 2 is 2.12 bits per heavy atom. The van der Waals surface area contributed by atoms with Gasteiger partial charge in [0.05, 0.1) is 6.61 Å². The number of nitrogens with zero attached hydrogens (tertiary/aromatic N) is 5. The van der Waals surface area contributed by atoms with Gasteiger partial charge in [-0.25, -0.2) is 19.7 Å². The van der Waals surface area contributed by atoms with Gasteiger partial charge in [-0.3, -0.25) is 9.63 Å². The summed E-state index contributed by atoms with van der Waals surface area (Å²) in [7, 11) is 0. The lowest BCUT2D eigenvalue weighted by Crippen LogP contribution is -2.30. The van der Waals surface area contributed by atoms with Crippen LogP contribution in [-0.4, -0.2) is 30.3 Å². The van der Waals surface area contributed by atoms with Crippen LogP contribution in [0.3, 0.4) is 0 Å². The molecule has 0 aliphatic heterocycles. The van der Waals surface area contributed by atoms with E-state index >= 15 is 0 Å². The first-order valence-corrected chi connectivity index (χ1v) is 6.91. The van der Waals surface area contributed by atoms with E-state index in [4.69, 9.17) is 11.3 Å². The number of terminal acetylenes is 1. The standard InChI is InChI=1S/C15H12N6O3/c1-2-8-21-15(23)20-10-16-12(13(20)17-19-21)14(22)18-24-9-11-6-4-3-5-7-11/h1,3-7,10H,8-9H2,(H,18,22). The Morgan fingerprint density at radius 1 is 1.33 bits per heavy atom. The van der Waals surface area contributed by atoms with E-state index in [0.29, 0.717) is 0 Å². The molecule has 120 valence electrons. The Balaban J connectivity index is 1.75. The van der Waals surface area contributed by atoms with Crippen molar-refractivity contribution in [1.82, 2.24) is 29.9 Å². The molecule has 0 bridgehead atoms. The second kappa shape index (κ2) is 6.72. The SMILES string of the molecule is C#CCn1nnc2c(C(=O)NOCc3ccccc3)ncn2c1=O. The maximum atomic E-state index is 12.1. The number of carbonyl (C=O) groups excluding carboxylic acids is 1. The number of carbonyl (C=O) groups is 1. The van der Waals surface area contributed by atoms with Gasteiger partial charge in [-0.1, -0.05) is 41.5 Å². The van der Waals surface area contributed by atoms with Crippen LogP contribution in [0.25, 0.3) is 5.65 Å². The van der Waals surface area contributed by atoms with Gasteiger partial charge in [-0.05, 0) is 5.56 Å². The maximum absolute atomic E-state index is 12.1. The fraction of sp³-hybridized carbons (Fsp3) is 0.133. The van der Waals surface area contributed by atoms with Gasteiger partial charge in [0.1, 0.15) is 12.9 Å². The van der Waals surface area contributed by atoms with Crippen molar-refractivity contribution in [3.8, 4) is 12.3 Å². The third-order valence-electron chi connectivity index (χ3n) is 3.12. The van der Waals surface area contributed by atoms with Crippen molar-refractivity contribution < 1.29 is 9.63 Å². The van der Waals surface area contributed by atoms with Crippen molar-refractivity contribution in [2.24, 2.45) is 0 Å². The zero-order valence-electron chi connectivity index (χ0n) is 12.4. The summed E-state index contributed by atoms with van der Waals surface area (Å²) in [6.07, 6.45) is 6.33. The van der Waals surface area contributed by atoms with E-state index < -0.39 is 11.6 Å². The molecule has 0 saturated carbocycles. The van der Waals surface area contributed by atoms with Gasteiger partial charge in [-0.15, -0.1) is 11.5 Å². The predicted octanol–water partition coefficient (Wildman–Crippen LogP) is -0.219. The molecule has 0 radical (unpaired) electrons. The first-order valence-electron chi connectivity index (χ1n) is 6.91. The quantitative estimate of drug-likeness (QED) is 0.514. The Morgan fingerprint density at radius 3 is 2.88 bits per heavy atom. The lowest BCUT2D eigenvalue weighted by molar-refractivity contribution is 0.0231. The highest BCUT2D eigenvalue weighted by Gasteiger charge is 2.17. The van der Waals surface area contributed by atoms with Crippen LogP contribution in [0.1, 0.15) is 16.1 Å². The summed E-state index contributed by atoms with van der Waals surface area (Å²) in [6, 6.07) is 9.32. The van der Waals surface area contributed by atoms with Crippen LogP contribution >= 0.6 is 0 Å². The summed E-state index contributed by atoms with van der Waals surface area (Å²) < 4.78 is 2.08. The van der Waals surface area contributed by atoms with Gasteiger partial charge >= 0.3 is 5.69 Å². The first-order chi connectivity index (χ1) is 11.7. The van der Waals surface area contributed by atoms with Crippen LogP contribution in [0, 0.1) is 12.3 Å². The largest absolute Gasteiger partial charge is 0.353 e. The minimum atomic E-state index is -0.628. The van der Waals surface area contributed by atoms with Gasteiger partial charge in [0.15, 0.2) is 11.3 Å². The molecule has 3 rings (SSSR count). The molecule has 0 saturated heterocycles. The number of fused-ring (bicyclic) bond motifs is 1. The van der Waals surface area contributed by atoms with E-state index in [0.717, 1.165) is 14.6 Å². The molecule has 9 nitrogen and oxygen atoms in total. The molecule has 1 aromatic carbocycles. The zero-order valence-corrected chi connectivity index (χ0v) is 12.4. The van der Waals surface area contributed by atoms with E-state index in [1.165, 1.54) is 6.33 Å². The molecule has 2 aromatic heterocycles. The number of hydroxylamine groups is 1. The number of aromatic nitrogens is 5. The highest BCUT2D eigenvalue weighted by Crippen LogP contribution is 2.04. The van der Waals surface area contributed by atoms with Crippen LogP contribution in [0.15, 0.2) is 41.5 Å². The topological polar surface area (TPSA) is 103 Å². The summed E-state index contributed by atoms with van der Waals surface area (Å²) in [4.78, 5) is 33.2. The lowest BCUT2D eigenvalue weighted by Gasteiger charge is -2.04. The highest BCUT2D eigenvalue weighted by molar-refractivity contribution is 5.97. The minimum absolute atomic E-state index is 0.0223. The number of benzene rings is 1. The molecule has 1 N–H and O–H groups in total. The molecule has 0 spiro atoms. The van der Waals surface area contributed by atoms with E-state index in [-0.39, 0.29) is 24.5 Å². The summed E-state index contributed by atoms with van der Waals surface area (Å²) in [5, 5.41) is 7.48. The van der Waals surface area contributed by atoms with Crippen molar-refractivity contribution in [2.45, 2.75) is 13.2 Å². The Hall–Kier alpha value is -3.51. The third-order valence-corrected chi connectivity index (χ3v) is 3.12. The molecule has 24 heavy (non-hydrogen) atoms. The Bertz CT molecular complexity index is 970. The number of imidazole rings is 1. The Labute approximate surface area is 135 Å². The molecule has 1 amide bonds. The number of nitrogens with one attached hydrogen (secondary N) is 1. The molecule has 0 aliphatic rings. The molecule has 0 unspecified atom stereocenters. The average Bonchev–Trinajstić information content (AvgIpc) is 3.03. The van der Waals surface area contributed by atoms with Gasteiger partial charge in [0.25, 0.3) is 5.91 Å². The zero-order chi connectivity index (χ0) is 16.9. The monoisotopic (exact) mass is 324 g/mol. The minimum Gasteiger partial charge on any atom is -0.269 e. The van der Waals surface area contributed by atoms with Crippen molar-refractivity contribution in [3.63, 3.8) is 0 Å². The van der Waals surface area contributed by atoms with Crippen LogP contribution in [0.2, 0.25) is 0 Å². The fourth-order valence-corrected chi connectivity index (χ4v) is 1.99.